The van der Waals surface area contributed by atoms with E-state index in [0.29, 0.717) is 0 Å². The molecule has 1 N–H and O–H groups in total. The van der Waals surface area contributed by atoms with E-state index in [0.717, 1.165) is 18.5 Å². The third-order valence-electron chi connectivity index (χ3n) is 2.13. The van der Waals surface area contributed by atoms with Gasteiger partial charge in [0.05, 0.1) is 18.1 Å². The van der Waals surface area contributed by atoms with Gasteiger partial charge in [0, 0.05) is 11.8 Å². The molecule has 0 aliphatic carbocycles. The van der Waals surface area contributed by atoms with Crippen molar-refractivity contribution in [3.63, 3.8) is 0 Å². The zero-order valence-corrected chi connectivity index (χ0v) is 8.14. The van der Waals surface area contributed by atoms with Crippen LogP contribution >= 0.6 is 0 Å². The number of halogens is 2. The van der Waals surface area contributed by atoms with Crippen LogP contribution < -0.4 is 0 Å². The summed E-state index contributed by atoms with van der Waals surface area (Å²) in [5.74, 6) is -1.13. The smallest absolute Gasteiger partial charge is 0.147 e. The van der Waals surface area contributed by atoms with Crippen LogP contribution in [0.3, 0.4) is 0 Å². The zero-order valence-electron chi connectivity index (χ0n) is 8.14. The summed E-state index contributed by atoms with van der Waals surface area (Å²) in [7, 11) is 0. The molecule has 0 spiro atoms. The lowest BCUT2D eigenvalue weighted by atomic mass is 10.1. The first-order valence-corrected chi connectivity index (χ1v) is 4.57. The maximum Gasteiger partial charge on any atom is 0.147 e. The lowest BCUT2D eigenvalue weighted by Crippen LogP contribution is -2.05. The summed E-state index contributed by atoms with van der Waals surface area (Å²) < 4.78 is 25.9. The van der Waals surface area contributed by atoms with Crippen molar-refractivity contribution in [2.24, 2.45) is 0 Å². The number of hydrogen-bond donors (Lipinski definition) is 1. The normalized spacial score (nSPS) is 12.4. The predicted octanol–water partition coefficient (Wildman–Crippen LogP) is 1.84. The van der Waals surface area contributed by atoms with Crippen LogP contribution in [0.2, 0.25) is 0 Å². The van der Waals surface area contributed by atoms with Crippen LogP contribution in [0.5, 0.6) is 0 Å². The van der Waals surface area contributed by atoms with Crippen molar-refractivity contribution >= 4 is 0 Å². The molecular formula is C11H8F2N2O. The van der Waals surface area contributed by atoms with Crippen LogP contribution in [0.1, 0.15) is 17.4 Å². The van der Waals surface area contributed by atoms with Gasteiger partial charge in [-0.2, -0.15) is 0 Å². The standard InChI is InChI=1S/C11H8F2N2O/c12-7-1-2-10(15-5-7)11(16)8-3-4-14-6-9(8)13/h1-6,11,16H. The van der Waals surface area contributed by atoms with Crippen LogP contribution in [0.25, 0.3) is 0 Å². The summed E-state index contributed by atoms with van der Waals surface area (Å²) in [4.78, 5) is 7.25. The van der Waals surface area contributed by atoms with Gasteiger partial charge in [-0.1, -0.05) is 0 Å². The fourth-order valence-electron chi connectivity index (χ4n) is 1.32. The van der Waals surface area contributed by atoms with Gasteiger partial charge in [-0.15, -0.1) is 0 Å². The van der Waals surface area contributed by atoms with Crippen LogP contribution in [-0.2, 0) is 0 Å². The molecule has 2 rings (SSSR count). The Balaban J connectivity index is 2.35. The molecule has 0 bridgehead atoms. The highest BCUT2D eigenvalue weighted by atomic mass is 19.1. The molecule has 0 amide bonds. The van der Waals surface area contributed by atoms with E-state index >= 15 is 0 Å². The van der Waals surface area contributed by atoms with Crippen LogP contribution in [0.15, 0.2) is 36.8 Å². The number of rotatable bonds is 2. The van der Waals surface area contributed by atoms with Gasteiger partial charge in [0.15, 0.2) is 0 Å². The molecule has 0 radical (unpaired) electrons. The second kappa shape index (κ2) is 4.32. The number of hydrogen-bond acceptors (Lipinski definition) is 3. The lowest BCUT2D eigenvalue weighted by molar-refractivity contribution is 0.209. The van der Waals surface area contributed by atoms with E-state index in [4.69, 9.17) is 0 Å². The van der Waals surface area contributed by atoms with E-state index < -0.39 is 17.7 Å². The molecule has 1 atom stereocenters. The Labute approximate surface area is 90.4 Å². The second-order valence-corrected chi connectivity index (χ2v) is 3.20. The number of pyridine rings is 2. The molecular weight excluding hydrogens is 214 g/mol. The summed E-state index contributed by atoms with van der Waals surface area (Å²) in [5.41, 5.74) is 0.251. The highest BCUT2D eigenvalue weighted by Crippen LogP contribution is 2.21. The van der Waals surface area contributed by atoms with E-state index in [1.165, 1.54) is 18.3 Å². The minimum absolute atomic E-state index is 0.0640. The van der Waals surface area contributed by atoms with Crippen LogP contribution in [0.4, 0.5) is 8.78 Å². The summed E-state index contributed by atoms with van der Waals surface area (Å²) in [6.45, 7) is 0. The molecule has 1 unspecified atom stereocenters. The van der Waals surface area contributed by atoms with E-state index in [2.05, 4.69) is 9.97 Å². The van der Waals surface area contributed by atoms with E-state index in [1.54, 1.807) is 0 Å². The Hall–Kier alpha value is -1.88. The Morgan fingerprint density at radius 2 is 1.94 bits per heavy atom. The molecule has 5 heteroatoms. The van der Waals surface area contributed by atoms with Gasteiger partial charge in [-0.05, 0) is 18.2 Å². The highest BCUT2D eigenvalue weighted by Gasteiger charge is 2.15. The van der Waals surface area contributed by atoms with Crippen molar-refractivity contribution < 1.29 is 13.9 Å². The van der Waals surface area contributed by atoms with Crippen molar-refractivity contribution in [1.82, 2.24) is 9.97 Å². The first-order chi connectivity index (χ1) is 7.68. The van der Waals surface area contributed by atoms with Crippen molar-refractivity contribution in [3.05, 3.63) is 59.7 Å². The molecule has 3 nitrogen and oxygen atoms in total. The topological polar surface area (TPSA) is 46.0 Å². The molecule has 0 saturated heterocycles. The van der Waals surface area contributed by atoms with E-state index in [1.807, 2.05) is 0 Å². The maximum absolute atomic E-state index is 13.3. The largest absolute Gasteiger partial charge is 0.382 e. The number of aliphatic hydroxyl groups is 1. The fraction of sp³-hybridized carbons (Fsp3) is 0.0909. The predicted molar refractivity (Wildman–Crippen MR) is 52.5 cm³/mol. The quantitative estimate of drug-likeness (QED) is 0.843. The minimum atomic E-state index is -1.22. The molecule has 0 aliphatic heterocycles. The van der Waals surface area contributed by atoms with E-state index in [9.17, 15) is 13.9 Å². The Kier molecular flexibility index (Phi) is 2.87. The van der Waals surface area contributed by atoms with Crippen molar-refractivity contribution in [2.75, 3.05) is 0 Å². The van der Waals surface area contributed by atoms with E-state index in [-0.39, 0.29) is 11.3 Å². The monoisotopic (exact) mass is 222 g/mol. The third kappa shape index (κ3) is 2.04. The Bertz CT molecular complexity index is 488. The number of aliphatic hydroxyl groups excluding tert-OH is 1. The average Bonchev–Trinajstić information content (AvgIpc) is 2.30. The Morgan fingerprint density at radius 3 is 2.56 bits per heavy atom. The molecule has 2 aromatic heterocycles. The molecule has 0 fully saturated rings. The number of nitrogens with zero attached hydrogens (tertiary/aromatic N) is 2. The Morgan fingerprint density at radius 1 is 1.12 bits per heavy atom. The molecule has 2 heterocycles. The molecule has 16 heavy (non-hydrogen) atoms. The molecule has 2 aromatic rings. The molecule has 82 valence electrons. The second-order valence-electron chi connectivity index (χ2n) is 3.20. The van der Waals surface area contributed by atoms with Crippen LogP contribution in [-0.4, -0.2) is 15.1 Å². The minimum Gasteiger partial charge on any atom is -0.382 e. The zero-order chi connectivity index (χ0) is 11.5. The molecule has 0 aliphatic rings. The van der Waals surface area contributed by atoms with Crippen molar-refractivity contribution in [2.45, 2.75) is 6.10 Å². The fourth-order valence-corrected chi connectivity index (χ4v) is 1.32. The summed E-state index contributed by atoms with van der Waals surface area (Å²) in [5, 5.41) is 9.81. The van der Waals surface area contributed by atoms with Gasteiger partial charge in [0.1, 0.15) is 17.7 Å². The van der Waals surface area contributed by atoms with Crippen molar-refractivity contribution in [1.29, 1.82) is 0 Å². The average molecular weight is 222 g/mol. The molecule has 0 saturated carbocycles. The van der Waals surface area contributed by atoms with Gasteiger partial charge in [-0.3, -0.25) is 9.97 Å². The van der Waals surface area contributed by atoms with Gasteiger partial charge >= 0.3 is 0 Å². The highest BCUT2D eigenvalue weighted by molar-refractivity contribution is 5.24. The van der Waals surface area contributed by atoms with Crippen LogP contribution in [0, 0.1) is 11.6 Å². The molecule has 0 aromatic carbocycles. The van der Waals surface area contributed by atoms with Crippen molar-refractivity contribution in [3.8, 4) is 0 Å². The summed E-state index contributed by atoms with van der Waals surface area (Å²) in [6.07, 6.45) is 2.12. The summed E-state index contributed by atoms with van der Waals surface area (Å²) in [6, 6.07) is 3.82. The van der Waals surface area contributed by atoms with Gasteiger partial charge in [-0.25, -0.2) is 8.78 Å². The van der Waals surface area contributed by atoms with Gasteiger partial charge < -0.3 is 5.11 Å². The first-order valence-electron chi connectivity index (χ1n) is 4.57. The van der Waals surface area contributed by atoms with Gasteiger partial charge in [0.2, 0.25) is 0 Å². The first kappa shape index (κ1) is 10.6. The number of aromatic nitrogens is 2. The maximum atomic E-state index is 13.3. The van der Waals surface area contributed by atoms with Gasteiger partial charge in [0.25, 0.3) is 0 Å². The summed E-state index contributed by atoms with van der Waals surface area (Å²) >= 11 is 0. The SMILES string of the molecule is OC(c1ccc(F)cn1)c1ccncc1F. The lowest BCUT2D eigenvalue weighted by Gasteiger charge is -2.10. The third-order valence-corrected chi connectivity index (χ3v) is 2.13.